The molecule has 0 spiro atoms. The van der Waals surface area contributed by atoms with Crippen molar-refractivity contribution in [1.82, 2.24) is 0 Å². The lowest BCUT2D eigenvalue weighted by Gasteiger charge is -2.06. The summed E-state index contributed by atoms with van der Waals surface area (Å²) in [5, 5.41) is 2.31. The smallest absolute Gasteiger partial charge is 0.407 e. The van der Waals surface area contributed by atoms with Gasteiger partial charge in [0.25, 0.3) is 0 Å². The van der Waals surface area contributed by atoms with Gasteiger partial charge in [-0.25, -0.2) is 4.79 Å². The SMILES string of the molecule is CNc1cc(C(F)(F)F)cc(=O)o1. The van der Waals surface area contributed by atoms with E-state index in [1.165, 1.54) is 7.05 Å². The molecule has 0 radical (unpaired) electrons. The maximum Gasteiger partial charge on any atom is 0.416 e. The summed E-state index contributed by atoms with van der Waals surface area (Å²) >= 11 is 0. The van der Waals surface area contributed by atoms with Gasteiger partial charge in [0.1, 0.15) is 0 Å². The molecule has 1 N–H and O–H groups in total. The first-order chi connectivity index (χ1) is 5.93. The fourth-order valence-corrected chi connectivity index (χ4v) is 0.764. The first-order valence-electron chi connectivity index (χ1n) is 3.33. The highest BCUT2D eigenvalue weighted by molar-refractivity contribution is 5.34. The molecule has 0 aliphatic carbocycles. The maximum absolute atomic E-state index is 12.1. The Morgan fingerprint density at radius 1 is 1.38 bits per heavy atom. The highest BCUT2D eigenvalue weighted by Crippen LogP contribution is 2.29. The van der Waals surface area contributed by atoms with Crippen LogP contribution in [0.5, 0.6) is 0 Å². The fraction of sp³-hybridized carbons (Fsp3) is 0.286. The van der Waals surface area contributed by atoms with E-state index in [-0.39, 0.29) is 5.88 Å². The summed E-state index contributed by atoms with van der Waals surface area (Å²) in [5.74, 6) is -0.208. The number of nitrogens with one attached hydrogen (secondary N) is 1. The van der Waals surface area contributed by atoms with Crippen molar-refractivity contribution < 1.29 is 17.6 Å². The molecule has 72 valence electrons. The molecule has 0 bridgehead atoms. The zero-order valence-corrected chi connectivity index (χ0v) is 6.61. The van der Waals surface area contributed by atoms with Crippen molar-refractivity contribution in [2.24, 2.45) is 0 Å². The van der Waals surface area contributed by atoms with E-state index < -0.39 is 17.4 Å². The minimum Gasteiger partial charge on any atom is -0.407 e. The zero-order valence-electron chi connectivity index (χ0n) is 6.61. The van der Waals surface area contributed by atoms with Gasteiger partial charge in [-0.3, -0.25) is 0 Å². The summed E-state index contributed by atoms with van der Waals surface area (Å²) in [6.07, 6.45) is -4.53. The number of alkyl halides is 3. The van der Waals surface area contributed by atoms with Crippen LogP contribution in [0.2, 0.25) is 0 Å². The molecule has 0 amide bonds. The third-order valence-corrected chi connectivity index (χ3v) is 1.34. The van der Waals surface area contributed by atoms with Gasteiger partial charge in [0.15, 0.2) is 5.88 Å². The highest BCUT2D eigenvalue weighted by atomic mass is 19.4. The number of hydrogen-bond donors (Lipinski definition) is 1. The van der Waals surface area contributed by atoms with Gasteiger partial charge in [-0.1, -0.05) is 0 Å². The molecule has 1 heterocycles. The van der Waals surface area contributed by atoms with E-state index in [0.717, 1.165) is 6.07 Å². The molecule has 0 aliphatic heterocycles. The third-order valence-electron chi connectivity index (χ3n) is 1.34. The summed E-state index contributed by atoms with van der Waals surface area (Å²) in [6, 6.07) is 1.13. The lowest BCUT2D eigenvalue weighted by atomic mass is 10.2. The van der Waals surface area contributed by atoms with E-state index >= 15 is 0 Å². The lowest BCUT2D eigenvalue weighted by molar-refractivity contribution is -0.137. The molecule has 0 fully saturated rings. The number of rotatable bonds is 1. The van der Waals surface area contributed by atoms with Crippen LogP contribution in [0, 0.1) is 0 Å². The summed E-state index contributed by atoms with van der Waals surface area (Å²) in [4.78, 5) is 10.6. The van der Waals surface area contributed by atoms with Crippen LogP contribution in [0.4, 0.5) is 19.1 Å². The topological polar surface area (TPSA) is 42.2 Å². The van der Waals surface area contributed by atoms with Gasteiger partial charge in [-0.2, -0.15) is 13.2 Å². The number of anilines is 1. The van der Waals surface area contributed by atoms with Crippen LogP contribution < -0.4 is 10.9 Å². The van der Waals surface area contributed by atoms with Crippen molar-refractivity contribution in [2.75, 3.05) is 12.4 Å². The third kappa shape index (κ3) is 2.24. The minimum atomic E-state index is -4.53. The molecule has 1 rings (SSSR count). The average molecular weight is 193 g/mol. The molecular weight excluding hydrogens is 187 g/mol. The van der Waals surface area contributed by atoms with Gasteiger partial charge < -0.3 is 9.73 Å². The molecular formula is C7H6F3NO2. The van der Waals surface area contributed by atoms with Crippen molar-refractivity contribution in [3.05, 3.63) is 28.1 Å². The Morgan fingerprint density at radius 2 is 2.00 bits per heavy atom. The first-order valence-corrected chi connectivity index (χ1v) is 3.33. The molecule has 0 atom stereocenters. The summed E-state index contributed by atoms with van der Waals surface area (Å²) in [7, 11) is 1.36. The van der Waals surface area contributed by atoms with Gasteiger partial charge in [-0.15, -0.1) is 0 Å². The Labute approximate surface area is 71.2 Å². The quantitative estimate of drug-likeness (QED) is 0.738. The van der Waals surface area contributed by atoms with Gasteiger partial charge in [0.05, 0.1) is 5.56 Å². The zero-order chi connectivity index (χ0) is 10.1. The lowest BCUT2D eigenvalue weighted by Crippen LogP contribution is -2.11. The molecule has 3 nitrogen and oxygen atoms in total. The standard InChI is InChI=1S/C7H6F3NO2/c1-11-5-2-4(7(8,9)10)3-6(12)13-5/h2-3,11H,1H3. The van der Waals surface area contributed by atoms with Gasteiger partial charge in [-0.05, 0) is 0 Å². The second-order valence-corrected chi connectivity index (χ2v) is 2.28. The normalized spacial score (nSPS) is 11.4. The summed E-state index contributed by atoms with van der Waals surface area (Å²) < 4.78 is 40.6. The second-order valence-electron chi connectivity index (χ2n) is 2.28. The van der Waals surface area contributed by atoms with E-state index in [4.69, 9.17) is 0 Å². The molecule has 6 heteroatoms. The molecule has 1 aromatic heterocycles. The molecule has 0 aliphatic rings. The van der Waals surface area contributed by atoms with E-state index in [2.05, 4.69) is 9.73 Å². The van der Waals surface area contributed by atoms with E-state index in [0.29, 0.717) is 6.07 Å². The Morgan fingerprint density at radius 3 is 2.46 bits per heavy atom. The van der Waals surface area contributed by atoms with E-state index in [1.807, 2.05) is 0 Å². The molecule has 0 saturated heterocycles. The van der Waals surface area contributed by atoms with Crippen molar-refractivity contribution in [1.29, 1.82) is 0 Å². The van der Waals surface area contributed by atoms with Gasteiger partial charge in [0, 0.05) is 19.2 Å². The second kappa shape index (κ2) is 3.12. The number of halogens is 3. The molecule has 1 aromatic rings. The Kier molecular flexibility index (Phi) is 2.31. The van der Waals surface area contributed by atoms with Crippen molar-refractivity contribution >= 4 is 5.88 Å². The maximum atomic E-state index is 12.1. The predicted molar refractivity (Wildman–Crippen MR) is 39.5 cm³/mol. The van der Waals surface area contributed by atoms with Gasteiger partial charge >= 0.3 is 11.8 Å². The summed E-state index contributed by atoms with van der Waals surface area (Å²) in [6.45, 7) is 0. The van der Waals surface area contributed by atoms with Crippen molar-refractivity contribution in [3.8, 4) is 0 Å². The predicted octanol–water partition coefficient (Wildman–Crippen LogP) is 1.70. The van der Waals surface area contributed by atoms with Crippen LogP contribution in [0.15, 0.2) is 21.3 Å². The Bertz CT molecular complexity index is 355. The van der Waals surface area contributed by atoms with Crippen molar-refractivity contribution in [3.63, 3.8) is 0 Å². The highest BCUT2D eigenvalue weighted by Gasteiger charge is 2.31. The molecule has 0 unspecified atom stereocenters. The molecule has 0 saturated carbocycles. The molecule has 13 heavy (non-hydrogen) atoms. The van der Waals surface area contributed by atoms with Crippen LogP contribution in [0.3, 0.4) is 0 Å². The van der Waals surface area contributed by atoms with Crippen molar-refractivity contribution in [2.45, 2.75) is 6.18 Å². The van der Waals surface area contributed by atoms with Crippen LogP contribution >= 0.6 is 0 Å². The number of hydrogen-bond acceptors (Lipinski definition) is 3. The Hall–Kier alpha value is -1.46. The fourth-order valence-electron chi connectivity index (χ4n) is 0.764. The van der Waals surface area contributed by atoms with E-state index in [9.17, 15) is 18.0 Å². The molecule has 0 aromatic carbocycles. The van der Waals surface area contributed by atoms with Crippen LogP contribution in [-0.2, 0) is 6.18 Å². The summed E-state index contributed by atoms with van der Waals surface area (Å²) in [5.41, 5.74) is -2.05. The monoisotopic (exact) mass is 193 g/mol. The van der Waals surface area contributed by atoms with Gasteiger partial charge in [0.2, 0.25) is 0 Å². The van der Waals surface area contributed by atoms with Crippen LogP contribution in [0.25, 0.3) is 0 Å². The minimum absolute atomic E-state index is 0.208. The van der Waals surface area contributed by atoms with Crippen LogP contribution in [0.1, 0.15) is 5.56 Å². The van der Waals surface area contributed by atoms with E-state index in [1.54, 1.807) is 0 Å². The largest absolute Gasteiger partial charge is 0.416 e. The average Bonchev–Trinajstić information content (AvgIpc) is 2.01. The Balaban J connectivity index is 3.24. The van der Waals surface area contributed by atoms with Crippen LogP contribution in [-0.4, -0.2) is 7.05 Å². The first kappa shape index (κ1) is 9.63.